The number of amides is 1. The lowest BCUT2D eigenvalue weighted by atomic mass is 9.77. The van der Waals surface area contributed by atoms with Gasteiger partial charge in [0.15, 0.2) is 0 Å². The summed E-state index contributed by atoms with van der Waals surface area (Å²) in [6, 6.07) is 2.32. The van der Waals surface area contributed by atoms with Gasteiger partial charge in [-0.05, 0) is 47.1 Å². The van der Waals surface area contributed by atoms with Gasteiger partial charge in [-0.3, -0.25) is 0 Å². The van der Waals surface area contributed by atoms with Gasteiger partial charge in [0.2, 0.25) is 0 Å². The standard InChI is InChI=1S/C15H27N3O3/c1-14(2,3)21-13(20)18-7-5-6-15(10-16,11-18)8-12(19)9-17-4/h12,17,19H,5-9,11H2,1-4H3/t12-,15+/m1/s1. The van der Waals surface area contributed by atoms with Crippen molar-refractivity contribution in [1.82, 2.24) is 10.2 Å². The van der Waals surface area contributed by atoms with Gasteiger partial charge in [0, 0.05) is 19.6 Å². The molecule has 0 aromatic heterocycles. The molecule has 2 N–H and O–H groups in total. The summed E-state index contributed by atoms with van der Waals surface area (Å²) < 4.78 is 5.37. The smallest absolute Gasteiger partial charge is 0.410 e. The maximum Gasteiger partial charge on any atom is 0.410 e. The number of hydrogen-bond acceptors (Lipinski definition) is 5. The molecule has 0 aromatic rings. The van der Waals surface area contributed by atoms with Crippen molar-refractivity contribution >= 4 is 6.09 Å². The number of likely N-dealkylation sites (N-methyl/N-ethyl adjacent to an activating group) is 1. The highest BCUT2D eigenvalue weighted by Gasteiger charge is 2.40. The molecule has 2 atom stereocenters. The van der Waals surface area contributed by atoms with Crippen LogP contribution in [-0.4, -0.2) is 54.5 Å². The Morgan fingerprint density at radius 3 is 2.76 bits per heavy atom. The van der Waals surface area contributed by atoms with E-state index in [4.69, 9.17) is 4.74 Å². The number of carbonyl (C=O) groups is 1. The Hall–Kier alpha value is -1.32. The van der Waals surface area contributed by atoms with Gasteiger partial charge in [0.25, 0.3) is 0 Å². The molecule has 1 fully saturated rings. The van der Waals surface area contributed by atoms with Gasteiger partial charge < -0.3 is 20.1 Å². The van der Waals surface area contributed by atoms with E-state index >= 15 is 0 Å². The summed E-state index contributed by atoms with van der Waals surface area (Å²) in [6.45, 7) is 6.82. The van der Waals surface area contributed by atoms with E-state index < -0.39 is 17.1 Å². The molecular formula is C15H27N3O3. The maximum absolute atomic E-state index is 12.1. The number of ether oxygens (including phenoxy) is 1. The number of piperidine rings is 1. The highest BCUT2D eigenvalue weighted by molar-refractivity contribution is 5.68. The third-order valence-electron chi connectivity index (χ3n) is 3.53. The zero-order chi connectivity index (χ0) is 16.1. The third kappa shape index (κ3) is 5.52. The van der Waals surface area contributed by atoms with Crippen LogP contribution < -0.4 is 5.32 Å². The summed E-state index contributed by atoms with van der Waals surface area (Å²) in [6.07, 6.45) is 0.838. The number of likely N-dealkylation sites (tertiary alicyclic amines) is 1. The second-order valence-corrected chi connectivity index (χ2v) is 6.81. The van der Waals surface area contributed by atoms with Gasteiger partial charge in [-0.2, -0.15) is 5.26 Å². The van der Waals surface area contributed by atoms with Crippen LogP contribution in [0.2, 0.25) is 0 Å². The van der Waals surface area contributed by atoms with Crippen molar-refractivity contribution in [3.63, 3.8) is 0 Å². The van der Waals surface area contributed by atoms with Crippen molar-refractivity contribution in [2.45, 2.75) is 51.7 Å². The van der Waals surface area contributed by atoms with E-state index in [-0.39, 0.29) is 6.09 Å². The van der Waals surface area contributed by atoms with Crippen molar-refractivity contribution in [3.05, 3.63) is 0 Å². The van der Waals surface area contributed by atoms with Crippen molar-refractivity contribution in [3.8, 4) is 6.07 Å². The Labute approximate surface area is 127 Å². The molecule has 6 heteroatoms. The SMILES string of the molecule is CNC[C@H](O)C[C@]1(C#N)CCCN(C(=O)OC(C)(C)C)C1. The minimum absolute atomic E-state index is 0.319. The van der Waals surface area contributed by atoms with Gasteiger partial charge in [-0.25, -0.2) is 4.79 Å². The molecule has 6 nitrogen and oxygen atoms in total. The van der Waals surface area contributed by atoms with Gasteiger partial charge in [0.05, 0.1) is 17.6 Å². The van der Waals surface area contributed by atoms with Crippen LogP contribution in [0, 0.1) is 16.7 Å². The normalized spacial score (nSPS) is 24.3. The quantitative estimate of drug-likeness (QED) is 0.821. The molecule has 0 unspecified atom stereocenters. The molecule has 1 aliphatic heterocycles. The van der Waals surface area contributed by atoms with E-state index in [9.17, 15) is 15.2 Å². The topological polar surface area (TPSA) is 85.6 Å². The van der Waals surface area contributed by atoms with Crippen molar-refractivity contribution in [2.75, 3.05) is 26.7 Å². The van der Waals surface area contributed by atoms with Gasteiger partial charge in [-0.15, -0.1) is 0 Å². The minimum Gasteiger partial charge on any atom is -0.444 e. The van der Waals surface area contributed by atoms with Crippen LogP contribution >= 0.6 is 0 Å². The molecule has 0 radical (unpaired) electrons. The van der Waals surface area contributed by atoms with Crippen LogP contribution in [0.1, 0.15) is 40.0 Å². The van der Waals surface area contributed by atoms with Crippen molar-refractivity contribution in [1.29, 1.82) is 5.26 Å². The molecule has 1 rings (SSSR count). The average Bonchev–Trinajstić information content (AvgIpc) is 2.37. The highest BCUT2D eigenvalue weighted by Crippen LogP contribution is 2.34. The van der Waals surface area contributed by atoms with E-state index in [0.29, 0.717) is 32.5 Å². The van der Waals surface area contributed by atoms with E-state index in [1.165, 1.54) is 0 Å². The number of rotatable bonds is 4. The average molecular weight is 297 g/mol. The van der Waals surface area contributed by atoms with Crippen LogP contribution in [0.15, 0.2) is 0 Å². The Kier molecular flexibility index (Phi) is 5.99. The second-order valence-electron chi connectivity index (χ2n) is 6.81. The largest absolute Gasteiger partial charge is 0.444 e. The molecule has 0 saturated carbocycles. The van der Waals surface area contributed by atoms with E-state index in [2.05, 4.69) is 11.4 Å². The van der Waals surface area contributed by atoms with Crippen LogP contribution in [-0.2, 0) is 4.74 Å². The van der Waals surface area contributed by atoms with E-state index in [1.54, 1.807) is 11.9 Å². The number of aliphatic hydroxyl groups is 1. The number of carbonyl (C=O) groups excluding carboxylic acids is 1. The zero-order valence-corrected chi connectivity index (χ0v) is 13.5. The first kappa shape index (κ1) is 17.7. The van der Waals surface area contributed by atoms with Gasteiger partial charge in [0.1, 0.15) is 5.60 Å². The molecule has 1 heterocycles. The predicted octanol–water partition coefficient (Wildman–Crippen LogP) is 1.50. The first-order chi connectivity index (χ1) is 9.71. The van der Waals surface area contributed by atoms with Crippen LogP contribution in [0.3, 0.4) is 0 Å². The predicted molar refractivity (Wildman–Crippen MR) is 79.6 cm³/mol. The fourth-order valence-electron chi connectivity index (χ4n) is 2.68. The van der Waals surface area contributed by atoms with Crippen LogP contribution in [0.4, 0.5) is 4.79 Å². The van der Waals surface area contributed by atoms with Crippen LogP contribution in [0.5, 0.6) is 0 Å². The lowest BCUT2D eigenvalue weighted by molar-refractivity contribution is 0.00423. The molecule has 0 bridgehead atoms. The molecule has 21 heavy (non-hydrogen) atoms. The van der Waals surface area contributed by atoms with Gasteiger partial charge >= 0.3 is 6.09 Å². The summed E-state index contributed by atoms with van der Waals surface area (Å²) >= 11 is 0. The lowest BCUT2D eigenvalue weighted by Crippen LogP contribution is -2.48. The fraction of sp³-hybridized carbons (Fsp3) is 0.867. The molecular weight excluding hydrogens is 270 g/mol. The minimum atomic E-state index is -0.689. The van der Waals surface area contributed by atoms with Crippen molar-refractivity contribution in [2.24, 2.45) is 5.41 Å². The third-order valence-corrected chi connectivity index (χ3v) is 3.53. The second kappa shape index (κ2) is 7.10. The highest BCUT2D eigenvalue weighted by atomic mass is 16.6. The summed E-state index contributed by atoms with van der Waals surface area (Å²) in [5.41, 5.74) is -1.24. The number of nitrogens with zero attached hydrogens (tertiary/aromatic N) is 2. The van der Waals surface area contributed by atoms with E-state index in [1.807, 2.05) is 20.8 Å². The van der Waals surface area contributed by atoms with Crippen LogP contribution in [0.25, 0.3) is 0 Å². The Morgan fingerprint density at radius 2 is 2.24 bits per heavy atom. The molecule has 120 valence electrons. The fourth-order valence-corrected chi connectivity index (χ4v) is 2.68. The van der Waals surface area contributed by atoms with Gasteiger partial charge in [-0.1, -0.05) is 0 Å². The monoisotopic (exact) mass is 297 g/mol. The summed E-state index contributed by atoms with van der Waals surface area (Å²) in [7, 11) is 1.76. The Balaban J connectivity index is 2.72. The molecule has 1 aliphatic rings. The van der Waals surface area contributed by atoms with Crippen molar-refractivity contribution < 1.29 is 14.6 Å². The Bertz CT molecular complexity index is 400. The number of hydrogen-bond donors (Lipinski definition) is 2. The molecule has 0 aromatic carbocycles. The first-order valence-corrected chi connectivity index (χ1v) is 7.43. The molecule has 1 saturated heterocycles. The number of nitriles is 1. The molecule has 1 amide bonds. The Morgan fingerprint density at radius 1 is 1.57 bits per heavy atom. The van der Waals surface area contributed by atoms with E-state index in [0.717, 1.165) is 6.42 Å². The first-order valence-electron chi connectivity index (χ1n) is 7.43. The molecule has 0 spiro atoms. The summed E-state index contributed by atoms with van der Waals surface area (Å²) in [5.74, 6) is 0. The molecule has 0 aliphatic carbocycles. The summed E-state index contributed by atoms with van der Waals surface area (Å²) in [5, 5.41) is 22.4. The summed E-state index contributed by atoms with van der Waals surface area (Å²) in [4.78, 5) is 13.7. The maximum atomic E-state index is 12.1. The number of aliphatic hydroxyl groups excluding tert-OH is 1. The lowest BCUT2D eigenvalue weighted by Gasteiger charge is -2.39. The zero-order valence-electron chi connectivity index (χ0n) is 13.5. The number of nitrogens with one attached hydrogen (secondary N) is 1.